The molecule has 0 radical (unpaired) electrons. The minimum absolute atomic E-state index is 0.305. The molecule has 136 valence electrons. The predicted octanol–water partition coefficient (Wildman–Crippen LogP) is 5.42. The van der Waals surface area contributed by atoms with E-state index in [1.807, 2.05) is 54.6 Å². The molecule has 1 aliphatic heterocycles. The van der Waals surface area contributed by atoms with E-state index in [2.05, 4.69) is 5.48 Å². The Labute approximate surface area is 156 Å². The topological polar surface area (TPSA) is 39.7 Å². The van der Waals surface area contributed by atoms with Gasteiger partial charge < -0.3 is 9.47 Å². The summed E-state index contributed by atoms with van der Waals surface area (Å²) in [5.74, 6) is 2.05. The van der Waals surface area contributed by atoms with Gasteiger partial charge in [0.2, 0.25) is 5.88 Å². The predicted molar refractivity (Wildman–Crippen MR) is 99.8 cm³/mol. The maximum atomic E-state index is 13.6. The van der Waals surface area contributed by atoms with Crippen molar-refractivity contribution >= 4 is 0 Å². The van der Waals surface area contributed by atoms with Gasteiger partial charge in [0.1, 0.15) is 29.2 Å². The Balaban J connectivity index is 1.42. The van der Waals surface area contributed by atoms with E-state index in [1.54, 1.807) is 25.1 Å². The summed E-state index contributed by atoms with van der Waals surface area (Å²) in [6.45, 7) is 1.70. The fourth-order valence-electron chi connectivity index (χ4n) is 2.66. The number of aryl methyl sites for hydroxylation is 1. The van der Waals surface area contributed by atoms with E-state index in [0.29, 0.717) is 17.2 Å². The van der Waals surface area contributed by atoms with Crippen molar-refractivity contribution < 1.29 is 18.7 Å². The fourth-order valence-corrected chi connectivity index (χ4v) is 2.66. The van der Waals surface area contributed by atoms with Crippen LogP contribution in [-0.2, 0) is 4.84 Å². The quantitative estimate of drug-likeness (QED) is 0.657. The van der Waals surface area contributed by atoms with Crippen LogP contribution in [0.5, 0.6) is 17.2 Å². The van der Waals surface area contributed by atoms with Gasteiger partial charge in [-0.3, -0.25) is 4.84 Å². The minimum atomic E-state index is -0.308. The fraction of sp³-hybridized carbons (Fsp3) is 0.0909. The zero-order valence-electron chi connectivity index (χ0n) is 14.7. The van der Waals surface area contributed by atoms with E-state index < -0.39 is 0 Å². The van der Waals surface area contributed by atoms with Crippen LogP contribution in [0.2, 0.25) is 0 Å². The van der Waals surface area contributed by atoms with Crippen molar-refractivity contribution in [3.05, 3.63) is 102 Å². The molecule has 1 atom stereocenters. The second kappa shape index (κ2) is 7.51. The number of hydrogen-bond acceptors (Lipinski definition) is 4. The standard InChI is InChI=1S/C22H18FNO3/c1-15-7-10-19(13-20(15)23)26-22-14-21(27-24-22)16-8-11-18(12-9-16)25-17-5-3-2-4-6-17/h2-14,21,24H,1H3/t21-/m1/s1. The molecule has 1 N–H and O–H groups in total. The molecule has 1 heterocycles. The van der Waals surface area contributed by atoms with Crippen molar-refractivity contribution in [3.8, 4) is 17.2 Å². The zero-order valence-corrected chi connectivity index (χ0v) is 14.7. The van der Waals surface area contributed by atoms with Gasteiger partial charge in [0, 0.05) is 12.1 Å². The van der Waals surface area contributed by atoms with Crippen LogP contribution < -0.4 is 15.0 Å². The Hall–Kier alpha value is -3.31. The number of rotatable bonds is 5. The molecule has 0 aromatic heterocycles. The zero-order chi connectivity index (χ0) is 18.6. The molecule has 0 saturated carbocycles. The van der Waals surface area contributed by atoms with Crippen LogP contribution in [0.3, 0.4) is 0 Å². The molecule has 4 nitrogen and oxygen atoms in total. The summed E-state index contributed by atoms with van der Waals surface area (Å²) in [5, 5.41) is 0. The van der Waals surface area contributed by atoms with Crippen molar-refractivity contribution in [2.24, 2.45) is 0 Å². The second-order valence-electron chi connectivity index (χ2n) is 6.17. The van der Waals surface area contributed by atoms with Crippen LogP contribution in [0.25, 0.3) is 0 Å². The van der Waals surface area contributed by atoms with Crippen molar-refractivity contribution in [2.45, 2.75) is 13.0 Å². The molecule has 3 aromatic carbocycles. The normalized spacial score (nSPS) is 15.8. The van der Waals surface area contributed by atoms with Crippen molar-refractivity contribution in [3.63, 3.8) is 0 Å². The van der Waals surface area contributed by atoms with Crippen LogP contribution in [-0.4, -0.2) is 0 Å². The number of ether oxygens (including phenoxy) is 2. The molecule has 0 saturated heterocycles. The lowest BCUT2D eigenvalue weighted by molar-refractivity contribution is 0.0273. The van der Waals surface area contributed by atoms with Gasteiger partial charge in [0.25, 0.3) is 0 Å². The van der Waals surface area contributed by atoms with E-state index in [9.17, 15) is 4.39 Å². The number of nitrogens with one attached hydrogen (secondary N) is 1. The van der Waals surface area contributed by atoms with Gasteiger partial charge in [-0.1, -0.05) is 36.4 Å². The highest BCUT2D eigenvalue weighted by atomic mass is 19.1. The van der Waals surface area contributed by atoms with Crippen LogP contribution in [0, 0.1) is 12.7 Å². The van der Waals surface area contributed by atoms with E-state index >= 15 is 0 Å². The number of hydrogen-bond donors (Lipinski definition) is 1. The van der Waals surface area contributed by atoms with Gasteiger partial charge in [0.05, 0.1) is 0 Å². The average Bonchev–Trinajstić information content (AvgIpc) is 3.15. The molecular weight excluding hydrogens is 345 g/mol. The molecule has 5 heteroatoms. The van der Waals surface area contributed by atoms with E-state index in [0.717, 1.165) is 17.1 Å². The van der Waals surface area contributed by atoms with E-state index in [1.165, 1.54) is 6.07 Å². The lowest BCUT2D eigenvalue weighted by atomic mass is 10.1. The molecule has 0 amide bonds. The molecule has 1 aliphatic rings. The van der Waals surface area contributed by atoms with Gasteiger partial charge in [-0.2, -0.15) is 0 Å². The van der Waals surface area contributed by atoms with Gasteiger partial charge in [-0.25, -0.2) is 9.87 Å². The number of halogens is 1. The SMILES string of the molecule is Cc1ccc(OC2=C[C@H](c3ccc(Oc4ccccc4)cc3)ON2)cc1F. The van der Waals surface area contributed by atoms with Gasteiger partial charge in [-0.05, 0) is 48.4 Å². The maximum absolute atomic E-state index is 13.6. The lowest BCUT2D eigenvalue weighted by Crippen LogP contribution is -2.12. The first-order valence-corrected chi connectivity index (χ1v) is 8.58. The third-order valence-corrected chi connectivity index (χ3v) is 4.15. The average molecular weight is 363 g/mol. The van der Waals surface area contributed by atoms with Crippen LogP contribution in [0.4, 0.5) is 4.39 Å². The van der Waals surface area contributed by atoms with Gasteiger partial charge >= 0.3 is 0 Å². The summed E-state index contributed by atoms with van der Waals surface area (Å²) in [7, 11) is 0. The Morgan fingerprint density at radius 1 is 0.852 bits per heavy atom. The molecule has 3 aromatic rings. The summed E-state index contributed by atoms with van der Waals surface area (Å²) in [4.78, 5) is 5.53. The first-order chi connectivity index (χ1) is 13.2. The lowest BCUT2D eigenvalue weighted by Gasteiger charge is -2.09. The Morgan fingerprint density at radius 2 is 1.56 bits per heavy atom. The first-order valence-electron chi connectivity index (χ1n) is 8.58. The molecule has 4 rings (SSSR count). The number of hydroxylamine groups is 1. The molecule has 27 heavy (non-hydrogen) atoms. The summed E-state index contributed by atoms with van der Waals surface area (Å²) in [5.41, 5.74) is 4.24. The molecule has 0 unspecified atom stereocenters. The minimum Gasteiger partial charge on any atom is -0.457 e. The molecule has 0 aliphatic carbocycles. The van der Waals surface area contributed by atoms with E-state index in [4.69, 9.17) is 14.3 Å². The summed E-state index contributed by atoms with van der Waals surface area (Å²) in [6, 6.07) is 21.9. The van der Waals surface area contributed by atoms with Gasteiger partial charge in [0.15, 0.2) is 0 Å². The monoisotopic (exact) mass is 363 g/mol. The van der Waals surface area contributed by atoms with Crippen LogP contribution in [0.15, 0.2) is 84.8 Å². The molecule has 0 spiro atoms. The van der Waals surface area contributed by atoms with Gasteiger partial charge in [-0.15, -0.1) is 0 Å². The Bertz CT molecular complexity index is 955. The van der Waals surface area contributed by atoms with Crippen molar-refractivity contribution in [1.82, 2.24) is 5.48 Å². The molecule has 0 bridgehead atoms. The number of para-hydroxylation sites is 1. The Kier molecular flexibility index (Phi) is 4.77. The van der Waals surface area contributed by atoms with E-state index in [-0.39, 0.29) is 11.9 Å². The highest BCUT2D eigenvalue weighted by molar-refractivity contribution is 5.35. The van der Waals surface area contributed by atoms with Crippen LogP contribution in [0.1, 0.15) is 17.2 Å². The maximum Gasteiger partial charge on any atom is 0.216 e. The summed E-state index contributed by atoms with van der Waals surface area (Å²) in [6.07, 6.45) is 1.49. The second-order valence-corrected chi connectivity index (χ2v) is 6.17. The summed E-state index contributed by atoms with van der Waals surface area (Å²) < 4.78 is 25.0. The van der Waals surface area contributed by atoms with Crippen molar-refractivity contribution in [2.75, 3.05) is 0 Å². The third-order valence-electron chi connectivity index (χ3n) is 4.15. The van der Waals surface area contributed by atoms with Crippen LogP contribution >= 0.6 is 0 Å². The molecular formula is C22H18FNO3. The Morgan fingerprint density at radius 3 is 2.30 bits per heavy atom. The van der Waals surface area contributed by atoms with Crippen molar-refractivity contribution in [1.29, 1.82) is 0 Å². The first kappa shape index (κ1) is 17.1. The third kappa shape index (κ3) is 4.10. The number of benzene rings is 3. The summed E-state index contributed by atoms with van der Waals surface area (Å²) >= 11 is 0. The highest BCUT2D eigenvalue weighted by Crippen LogP contribution is 2.29. The molecule has 0 fully saturated rings. The largest absolute Gasteiger partial charge is 0.457 e. The highest BCUT2D eigenvalue weighted by Gasteiger charge is 2.20. The smallest absolute Gasteiger partial charge is 0.216 e.